The quantitative estimate of drug-likeness (QED) is 0.809. The second-order valence-corrected chi connectivity index (χ2v) is 3.39. The molecule has 0 radical (unpaired) electrons. The van der Waals surface area contributed by atoms with Crippen LogP contribution in [-0.2, 0) is 4.79 Å². The molecule has 0 heterocycles. The maximum atomic E-state index is 13.0. The summed E-state index contributed by atoms with van der Waals surface area (Å²) in [6, 6.07) is 5.18. The van der Waals surface area contributed by atoms with Gasteiger partial charge in [0.1, 0.15) is 11.9 Å². The van der Waals surface area contributed by atoms with E-state index in [1.54, 1.807) is 6.07 Å². The van der Waals surface area contributed by atoms with Gasteiger partial charge in [0.25, 0.3) is 0 Å². The number of aliphatic carboxylic acids is 1. The van der Waals surface area contributed by atoms with Crippen LogP contribution in [0.2, 0.25) is 0 Å². The molecule has 5 heteroatoms. The van der Waals surface area contributed by atoms with E-state index < -0.39 is 17.8 Å². The topological polar surface area (TPSA) is 87.1 Å². The normalized spacial score (nSPS) is 11.8. The molecule has 0 saturated heterocycles. The van der Waals surface area contributed by atoms with Crippen LogP contribution in [0.4, 0.5) is 4.39 Å². The molecule has 1 atom stereocenters. The van der Waals surface area contributed by atoms with Crippen molar-refractivity contribution in [3.05, 3.63) is 35.1 Å². The fourth-order valence-corrected chi connectivity index (χ4v) is 1.30. The zero-order valence-corrected chi connectivity index (χ0v) is 8.48. The van der Waals surface area contributed by atoms with Gasteiger partial charge in [0.15, 0.2) is 0 Å². The molecule has 0 fully saturated rings. The lowest BCUT2D eigenvalue weighted by Gasteiger charge is -2.10. The number of halogens is 1. The zero-order valence-electron chi connectivity index (χ0n) is 8.48. The fourth-order valence-electron chi connectivity index (χ4n) is 1.30. The lowest BCUT2D eigenvalue weighted by atomic mass is 10.0. The number of rotatable bonds is 4. The van der Waals surface area contributed by atoms with E-state index in [0.29, 0.717) is 5.56 Å². The van der Waals surface area contributed by atoms with Gasteiger partial charge in [-0.2, -0.15) is 5.26 Å². The van der Waals surface area contributed by atoms with Gasteiger partial charge < -0.3 is 10.8 Å². The highest BCUT2D eigenvalue weighted by atomic mass is 19.1. The Morgan fingerprint density at radius 1 is 1.62 bits per heavy atom. The van der Waals surface area contributed by atoms with Gasteiger partial charge in [-0.15, -0.1) is 0 Å². The van der Waals surface area contributed by atoms with E-state index in [1.165, 1.54) is 12.1 Å². The Morgan fingerprint density at radius 2 is 2.31 bits per heavy atom. The van der Waals surface area contributed by atoms with Crippen LogP contribution in [0.3, 0.4) is 0 Å². The third-order valence-electron chi connectivity index (χ3n) is 2.21. The van der Waals surface area contributed by atoms with Crippen LogP contribution in [0.1, 0.15) is 30.0 Å². The van der Waals surface area contributed by atoms with E-state index in [2.05, 4.69) is 0 Å². The van der Waals surface area contributed by atoms with Crippen molar-refractivity contribution in [1.82, 2.24) is 0 Å². The standard InChI is InChI=1S/C11H11FN2O2/c12-9-2-1-7(5-8(9)6-13)10(14)3-4-11(15)16/h1-2,5,10H,3-4,14H2,(H,15,16). The molecule has 0 saturated carbocycles. The minimum atomic E-state index is -0.932. The molecular weight excluding hydrogens is 211 g/mol. The van der Waals surface area contributed by atoms with Crippen LogP contribution in [0, 0.1) is 17.1 Å². The molecule has 0 spiro atoms. The lowest BCUT2D eigenvalue weighted by Crippen LogP contribution is -2.12. The molecule has 1 aromatic rings. The summed E-state index contributed by atoms with van der Waals surface area (Å²) >= 11 is 0. The van der Waals surface area contributed by atoms with E-state index >= 15 is 0 Å². The molecule has 0 aliphatic heterocycles. The van der Waals surface area contributed by atoms with Crippen molar-refractivity contribution in [2.24, 2.45) is 5.73 Å². The summed E-state index contributed by atoms with van der Waals surface area (Å²) in [4.78, 5) is 10.3. The average molecular weight is 222 g/mol. The third kappa shape index (κ3) is 3.04. The second kappa shape index (κ2) is 5.24. The molecular formula is C11H11FN2O2. The molecule has 1 aromatic carbocycles. The monoisotopic (exact) mass is 222 g/mol. The number of carbonyl (C=O) groups is 1. The van der Waals surface area contributed by atoms with Gasteiger partial charge in [0.05, 0.1) is 5.56 Å². The number of nitriles is 1. The Bertz CT molecular complexity index is 440. The molecule has 0 aliphatic carbocycles. The smallest absolute Gasteiger partial charge is 0.303 e. The highest BCUT2D eigenvalue weighted by molar-refractivity contribution is 5.66. The van der Waals surface area contributed by atoms with Gasteiger partial charge in [-0.1, -0.05) is 6.07 Å². The van der Waals surface area contributed by atoms with Crippen LogP contribution in [0.25, 0.3) is 0 Å². The molecule has 0 bridgehead atoms. The van der Waals surface area contributed by atoms with E-state index in [9.17, 15) is 9.18 Å². The van der Waals surface area contributed by atoms with Gasteiger partial charge >= 0.3 is 5.97 Å². The van der Waals surface area contributed by atoms with Crippen molar-refractivity contribution in [1.29, 1.82) is 5.26 Å². The third-order valence-corrected chi connectivity index (χ3v) is 2.21. The van der Waals surface area contributed by atoms with Crippen molar-refractivity contribution < 1.29 is 14.3 Å². The average Bonchev–Trinajstić information content (AvgIpc) is 2.26. The molecule has 84 valence electrons. The highest BCUT2D eigenvalue weighted by Crippen LogP contribution is 2.18. The summed E-state index contributed by atoms with van der Waals surface area (Å²) in [5, 5.41) is 17.1. The summed E-state index contributed by atoms with van der Waals surface area (Å²) < 4.78 is 13.0. The van der Waals surface area contributed by atoms with Gasteiger partial charge in [0, 0.05) is 12.5 Å². The van der Waals surface area contributed by atoms with E-state index in [-0.39, 0.29) is 18.4 Å². The Balaban J connectivity index is 2.80. The van der Waals surface area contributed by atoms with Crippen LogP contribution < -0.4 is 5.73 Å². The first kappa shape index (κ1) is 12.1. The number of carboxylic acid groups (broad SMARTS) is 1. The fraction of sp³-hybridized carbons (Fsp3) is 0.273. The Labute approximate surface area is 92.1 Å². The molecule has 1 rings (SSSR count). The number of carboxylic acids is 1. The molecule has 0 aliphatic rings. The van der Waals surface area contributed by atoms with Gasteiger partial charge in [-0.05, 0) is 24.1 Å². The lowest BCUT2D eigenvalue weighted by molar-refractivity contribution is -0.137. The first-order valence-corrected chi connectivity index (χ1v) is 4.71. The molecule has 3 N–H and O–H groups in total. The largest absolute Gasteiger partial charge is 0.481 e. The number of nitrogens with zero attached hydrogens (tertiary/aromatic N) is 1. The first-order chi connectivity index (χ1) is 7.54. The van der Waals surface area contributed by atoms with Gasteiger partial charge in [-0.3, -0.25) is 4.79 Å². The van der Waals surface area contributed by atoms with Crippen molar-refractivity contribution >= 4 is 5.97 Å². The van der Waals surface area contributed by atoms with Crippen molar-refractivity contribution in [2.75, 3.05) is 0 Å². The van der Waals surface area contributed by atoms with Gasteiger partial charge in [0.2, 0.25) is 0 Å². The van der Waals surface area contributed by atoms with Crippen molar-refractivity contribution in [2.45, 2.75) is 18.9 Å². The Kier molecular flexibility index (Phi) is 3.97. The summed E-state index contributed by atoms with van der Waals surface area (Å²) in [6.07, 6.45) is 0.201. The Morgan fingerprint density at radius 3 is 2.88 bits per heavy atom. The number of hydrogen-bond donors (Lipinski definition) is 2. The first-order valence-electron chi connectivity index (χ1n) is 4.71. The number of hydrogen-bond acceptors (Lipinski definition) is 3. The van der Waals surface area contributed by atoms with Crippen LogP contribution in [-0.4, -0.2) is 11.1 Å². The predicted octanol–water partition coefficient (Wildman–Crippen LogP) is 1.56. The minimum Gasteiger partial charge on any atom is -0.481 e. The van der Waals surface area contributed by atoms with Gasteiger partial charge in [-0.25, -0.2) is 4.39 Å². The Hall–Kier alpha value is -1.93. The maximum absolute atomic E-state index is 13.0. The molecule has 4 nitrogen and oxygen atoms in total. The molecule has 0 amide bonds. The second-order valence-electron chi connectivity index (χ2n) is 3.39. The summed E-state index contributed by atoms with van der Waals surface area (Å²) in [5.74, 6) is -1.53. The summed E-state index contributed by atoms with van der Waals surface area (Å²) in [6.45, 7) is 0. The molecule has 16 heavy (non-hydrogen) atoms. The SMILES string of the molecule is N#Cc1cc(C(N)CCC(=O)O)ccc1F. The van der Waals surface area contributed by atoms with Crippen LogP contribution >= 0.6 is 0 Å². The van der Waals surface area contributed by atoms with Crippen molar-refractivity contribution in [3.63, 3.8) is 0 Å². The summed E-state index contributed by atoms with van der Waals surface area (Å²) in [5.41, 5.74) is 6.21. The van der Waals surface area contributed by atoms with Crippen molar-refractivity contribution in [3.8, 4) is 6.07 Å². The molecule has 1 unspecified atom stereocenters. The maximum Gasteiger partial charge on any atom is 0.303 e. The van der Waals surface area contributed by atoms with E-state index in [4.69, 9.17) is 16.1 Å². The number of nitrogens with two attached hydrogens (primary N) is 1. The molecule has 0 aromatic heterocycles. The predicted molar refractivity (Wildman–Crippen MR) is 54.9 cm³/mol. The minimum absolute atomic E-state index is 0.0551. The van der Waals surface area contributed by atoms with Crippen LogP contribution in [0.5, 0.6) is 0 Å². The van der Waals surface area contributed by atoms with E-state index in [0.717, 1.165) is 6.07 Å². The highest BCUT2D eigenvalue weighted by Gasteiger charge is 2.11. The van der Waals surface area contributed by atoms with Crippen LogP contribution in [0.15, 0.2) is 18.2 Å². The number of benzene rings is 1. The summed E-state index contributed by atoms with van der Waals surface area (Å²) in [7, 11) is 0. The zero-order chi connectivity index (χ0) is 12.1. The van der Waals surface area contributed by atoms with E-state index in [1.807, 2.05) is 0 Å².